The molecule has 0 spiro atoms. The van der Waals surface area contributed by atoms with E-state index in [4.69, 9.17) is 4.74 Å². The molecule has 0 aromatic rings. The van der Waals surface area contributed by atoms with Crippen molar-refractivity contribution in [2.45, 2.75) is 20.0 Å². The monoisotopic (exact) mass is 146 g/mol. The summed E-state index contributed by atoms with van der Waals surface area (Å²) in [5, 5.41) is 0. The van der Waals surface area contributed by atoms with Gasteiger partial charge in [0.15, 0.2) is 0 Å². The zero-order valence-electron chi connectivity index (χ0n) is 7.34. The molecule has 0 aliphatic carbocycles. The number of quaternary nitrogens is 1. The Labute approximate surface area is 62.2 Å². The van der Waals surface area contributed by atoms with E-state index in [9.17, 15) is 4.79 Å². The number of nitrogens with zero attached hydrogens (tertiary/aromatic N) is 1. The lowest BCUT2D eigenvalue weighted by Crippen LogP contribution is -2.42. The lowest BCUT2D eigenvalue weighted by molar-refractivity contribution is -0.795. The Kier molecular flexibility index (Phi) is 2.84. The molecule has 3 heteroatoms. The van der Waals surface area contributed by atoms with Gasteiger partial charge in [-0.2, -0.15) is 4.79 Å². The van der Waals surface area contributed by atoms with Crippen LogP contribution in [-0.2, 0) is 4.74 Å². The summed E-state index contributed by atoms with van der Waals surface area (Å²) in [6.07, 6.45) is -0.222. The molecule has 0 fully saturated rings. The average Bonchev–Trinajstić information content (AvgIpc) is 1.60. The van der Waals surface area contributed by atoms with Crippen LogP contribution in [0, 0.1) is 0 Å². The zero-order valence-corrected chi connectivity index (χ0v) is 7.34. The van der Waals surface area contributed by atoms with Crippen LogP contribution in [0.3, 0.4) is 0 Å². The van der Waals surface area contributed by atoms with E-state index in [1.165, 1.54) is 0 Å². The van der Waals surface area contributed by atoms with Crippen molar-refractivity contribution in [3.8, 4) is 0 Å². The van der Waals surface area contributed by atoms with Crippen LogP contribution in [0.1, 0.15) is 13.8 Å². The summed E-state index contributed by atoms with van der Waals surface area (Å²) < 4.78 is 5.17. The molecule has 0 heterocycles. The summed E-state index contributed by atoms with van der Waals surface area (Å²) in [6.45, 7) is 3.68. The van der Waals surface area contributed by atoms with Crippen LogP contribution in [0.5, 0.6) is 0 Å². The van der Waals surface area contributed by atoms with Crippen LogP contribution < -0.4 is 0 Å². The maximum atomic E-state index is 11.0. The lowest BCUT2D eigenvalue weighted by atomic mass is 10.5. The SMILES string of the molecule is CC(C)OC(=O)[N+](C)(C)C. The number of hydrogen-bond donors (Lipinski definition) is 0. The molecule has 10 heavy (non-hydrogen) atoms. The van der Waals surface area contributed by atoms with Gasteiger partial charge in [-0.25, -0.2) is 4.48 Å². The quantitative estimate of drug-likeness (QED) is 0.520. The molecule has 0 aliphatic rings. The second-order valence-electron chi connectivity index (χ2n) is 3.44. The minimum absolute atomic E-state index is 0.0233. The molecule has 0 atom stereocenters. The molecular weight excluding hydrogens is 130 g/mol. The van der Waals surface area contributed by atoms with Gasteiger partial charge < -0.3 is 4.74 Å². The minimum Gasteiger partial charge on any atom is -0.417 e. The molecular formula is C7H16NO2+. The molecule has 3 nitrogen and oxygen atoms in total. The molecule has 1 amide bonds. The number of rotatable bonds is 1. The van der Waals surface area contributed by atoms with Gasteiger partial charge in [0.2, 0.25) is 0 Å². The van der Waals surface area contributed by atoms with Crippen LogP contribution >= 0.6 is 0 Å². The zero-order chi connectivity index (χ0) is 8.36. The van der Waals surface area contributed by atoms with Crippen molar-refractivity contribution in [1.29, 1.82) is 0 Å². The highest BCUT2D eigenvalue weighted by atomic mass is 16.6. The highest BCUT2D eigenvalue weighted by Gasteiger charge is 2.23. The third kappa shape index (κ3) is 3.45. The summed E-state index contributed by atoms with van der Waals surface area (Å²) in [4.78, 5) is 11.0. The Morgan fingerprint density at radius 1 is 1.30 bits per heavy atom. The number of ether oxygens (including phenoxy) is 1. The highest BCUT2D eigenvalue weighted by Crippen LogP contribution is 1.99. The Hall–Kier alpha value is -0.570. The first-order valence-corrected chi connectivity index (χ1v) is 3.36. The van der Waals surface area contributed by atoms with Crippen LogP contribution in [0.15, 0.2) is 0 Å². The van der Waals surface area contributed by atoms with Crippen molar-refractivity contribution in [3.05, 3.63) is 0 Å². The fourth-order valence-corrected chi connectivity index (χ4v) is 0.360. The summed E-state index contributed by atoms with van der Waals surface area (Å²) in [5.41, 5.74) is 0. The number of hydrogen-bond acceptors (Lipinski definition) is 2. The van der Waals surface area contributed by atoms with Crippen molar-refractivity contribution >= 4 is 6.09 Å². The van der Waals surface area contributed by atoms with Crippen molar-refractivity contribution in [3.63, 3.8) is 0 Å². The van der Waals surface area contributed by atoms with Gasteiger partial charge in [0.1, 0.15) is 6.10 Å². The molecule has 0 radical (unpaired) electrons. The van der Waals surface area contributed by atoms with Crippen molar-refractivity contribution in [2.24, 2.45) is 0 Å². The van der Waals surface area contributed by atoms with Crippen molar-refractivity contribution < 1.29 is 14.0 Å². The van der Waals surface area contributed by atoms with Gasteiger partial charge in [-0.3, -0.25) is 0 Å². The van der Waals surface area contributed by atoms with E-state index in [2.05, 4.69) is 0 Å². The summed E-state index contributed by atoms with van der Waals surface area (Å²) >= 11 is 0. The van der Waals surface area contributed by atoms with E-state index in [-0.39, 0.29) is 16.7 Å². The third-order valence-electron chi connectivity index (χ3n) is 0.884. The maximum Gasteiger partial charge on any atom is 0.515 e. The molecule has 0 aliphatic heterocycles. The smallest absolute Gasteiger partial charge is 0.417 e. The number of carbonyl (C=O) groups is 1. The van der Waals surface area contributed by atoms with Gasteiger partial charge in [0, 0.05) is 0 Å². The fourth-order valence-electron chi connectivity index (χ4n) is 0.360. The maximum absolute atomic E-state index is 11.0. The first-order valence-electron chi connectivity index (χ1n) is 3.36. The van der Waals surface area contributed by atoms with E-state index in [0.717, 1.165) is 0 Å². The Morgan fingerprint density at radius 2 is 1.70 bits per heavy atom. The fraction of sp³-hybridized carbons (Fsp3) is 0.857. The van der Waals surface area contributed by atoms with E-state index >= 15 is 0 Å². The third-order valence-corrected chi connectivity index (χ3v) is 0.884. The minimum atomic E-state index is -0.199. The Bertz CT molecular complexity index is 124. The second-order valence-corrected chi connectivity index (χ2v) is 3.44. The largest absolute Gasteiger partial charge is 0.515 e. The summed E-state index contributed by atoms with van der Waals surface area (Å²) in [6, 6.07) is 0. The van der Waals surface area contributed by atoms with E-state index in [0.29, 0.717) is 0 Å². The summed E-state index contributed by atoms with van der Waals surface area (Å²) in [5.74, 6) is 0. The van der Waals surface area contributed by atoms with Gasteiger partial charge in [0.05, 0.1) is 21.1 Å². The topological polar surface area (TPSA) is 26.3 Å². The molecule has 0 rings (SSSR count). The van der Waals surface area contributed by atoms with Crippen LogP contribution in [0.2, 0.25) is 0 Å². The van der Waals surface area contributed by atoms with Gasteiger partial charge in [-0.05, 0) is 13.8 Å². The standard InChI is InChI=1S/C7H16NO2/c1-6(2)10-7(9)8(3,4)5/h6H,1-5H3/q+1. The van der Waals surface area contributed by atoms with Gasteiger partial charge in [-0.1, -0.05) is 0 Å². The van der Waals surface area contributed by atoms with Gasteiger partial charge >= 0.3 is 6.09 Å². The van der Waals surface area contributed by atoms with Crippen LogP contribution in [-0.4, -0.2) is 37.8 Å². The Balaban J connectivity index is 3.87. The normalized spacial score (nSPS) is 11.8. The van der Waals surface area contributed by atoms with E-state index < -0.39 is 0 Å². The average molecular weight is 146 g/mol. The van der Waals surface area contributed by atoms with Crippen molar-refractivity contribution in [2.75, 3.05) is 21.1 Å². The predicted octanol–water partition coefficient (Wildman–Crippen LogP) is 1.24. The second kappa shape index (κ2) is 3.01. The molecule has 0 N–H and O–H groups in total. The van der Waals surface area contributed by atoms with Crippen LogP contribution in [0.25, 0.3) is 0 Å². The van der Waals surface area contributed by atoms with Crippen LogP contribution in [0.4, 0.5) is 4.79 Å². The Morgan fingerprint density at radius 3 is 1.80 bits per heavy atom. The molecule has 0 unspecified atom stereocenters. The van der Waals surface area contributed by atoms with E-state index in [1.54, 1.807) is 21.1 Å². The molecule has 0 saturated heterocycles. The molecule has 0 saturated carbocycles. The van der Waals surface area contributed by atoms with Gasteiger partial charge in [0.25, 0.3) is 0 Å². The first-order chi connectivity index (χ1) is 4.34. The molecule has 0 bridgehead atoms. The summed E-state index contributed by atoms with van der Waals surface area (Å²) in [7, 11) is 5.35. The molecule has 0 aromatic carbocycles. The first kappa shape index (κ1) is 9.43. The number of carbonyl (C=O) groups excluding carboxylic acids is 1. The number of amides is 1. The molecule has 0 aromatic heterocycles. The predicted molar refractivity (Wildman–Crippen MR) is 39.6 cm³/mol. The van der Waals surface area contributed by atoms with Crippen molar-refractivity contribution in [1.82, 2.24) is 0 Å². The lowest BCUT2D eigenvalue weighted by Gasteiger charge is -2.20. The molecule has 60 valence electrons. The van der Waals surface area contributed by atoms with E-state index in [1.807, 2.05) is 13.8 Å². The highest BCUT2D eigenvalue weighted by molar-refractivity contribution is 5.59. The van der Waals surface area contributed by atoms with Gasteiger partial charge in [-0.15, -0.1) is 0 Å².